The summed E-state index contributed by atoms with van der Waals surface area (Å²) in [5.74, 6) is 1.27. The highest BCUT2D eigenvalue weighted by Gasteiger charge is 2.40. The summed E-state index contributed by atoms with van der Waals surface area (Å²) in [6, 6.07) is 13.1. The molecule has 1 aliphatic rings. The molecule has 2 N–H and O–H groups in total. The monoisotopic (exact) mass is 316 g/mol. The number of pyridine rings is 1. The maximum absolute atomic E-state index is 11.3. The molecule has 2 aromatic rings. The van der Waals surface area contributed by atoms with Crippen LogP contribution in [0.5, 0.6) is 0 Å². The van der Waals surface area contributed by atoms with E-state index in [0.29, 0.717) is 17.8 Å². The summed E-state index contributed by atoms with van der Waals surface area (Å²) in [6.45, 7) is 4.28. The summed E-state index contributed by atoms with van der Waals surface area (Å²) in [7, 11) is -3.62. The van der Waals surface area contributed by atoms with Crippen molar-refractivity contribution in [1.29, 1.82) is 0 Å². The van der Waals surface area contributed by atoms with Gasteiger partial charge < -0.3 is 0 Å². The molecule has 116 valence electrons. The van der Waals surface area contributed by atoms with E-state index >= 15 is 0 Å². The number of nitrogens with two attached hydrogens (primary N) is 1. The van der Waals surface area contributed by atoms with Gasteiger partial charge in [0, 0.05) is 17.3 Å². The molecule has 2 atom stereocenters. The highest BCUT2D eigenvalue weighted by molar-refractivity contribution is 7.89. The molecular formula is C17H20N2O2S. The number of rotatable bonds is 4. The number of aromatic nitrogens is 1. The molecule has 0 saturated heterocycles. The first kappa shape index (κ1) is 15.2. The Hall–Kier alpha value is -1.72. The van der Waals surface area contributed by atoms with Crippen molar-refractivity contribution in [3.05, 3.63) is 59.4 Å². The lowest BCUT2D eigenvalue weighted by atomic mass is 10.1. The van der Waals surface area contributed by atoms with E-state index in [9.17, 15) is 8.42 Å². The zero-order valence-electron chi connectivity index (χ0n) is 12.7. The number of primary sulfonamides is 1. The Bertz CT molecular complexity index is 783. The SMILES string of the molecule is CC(C)c1cccc(C2CC2c2ccc(S(N)(=O)=O)cc2)n1. The van der Waals surface area contributed by atoms with Gasteiger partial charge in [0.2, 0.25) is 10.0 Å². The van der Waals surface area contributed by atoms with Crippen molar-refractivity contribution >= 4 is 10.0 Å². The van der Waals surface area contributed by atoms with Crippen LogP contribution in [-0.2, 0) is 10.0 Å². The minimum Gasteiger partial charge on any atom is -0.257 e. The van der Waals surface area contributed by atoms with Crippen molar-refractivity contribution in [2.75, 3.05) is 0 Å². The minimum atomic E-state index is -3.62. The maximum atomic E-state index is 11.3. The molecule has 1 heterocycles. The molecule has 0 spiro atoms. The molecule has 1 fully saturated rings. The van der Waals surface area contributed by atoms with E-state index in [-0.39, 0.29) is 4.90 Å². The summed E-state index contributed by atoms with van der Waals surface area (Å²) in [4.78, 5) is 4.91. The van der Waals surface area contributed by atoms with Crippen LogP contribution in [0, 0.1) is 0 Å². The second-order valence-corrected chi connectivity index (χ2v) is 7.77. The first-order valence-corrected chi connectivity index (χ1v) is 9.00. The largest absolute Gasteiger partial charge is 0.257 e. The first-order valence-electron chi connectivity index (χ1n) is 7.46. The van der Waals surface area contributed by atoms with Gasteiger partial charge in [0.1, 0.15) is 0 Å². The lowest BCUT2D eigenvalue weighted by molar-refractivity contribution is 0.598. The third-order valence-corrected chi connectivity index (χ3v) is 5.12. The zero-order valence-corrected chi connectivity index (χ0v) is 13.5. The molecule has 22 heavy (non-hydrogen) atoms. The van der Waals surface area contributed by atoms with Crippen LogP contribution >= 0.6 is 0 Å². The third-order valence-electron chi connectivity index (χ3n) is 4.19. The molecule has 5 heteroatoms. The van der Waals surface area contributed by atoms with E-state index in [1.54, 1.807) is 12.1 Å². The van der Waals surface area contributed by atoms with Crippen molar-refractivity contribution in [2.24, 2.45) is 5.14 Å². The summed E-state index contributed by atoms with van der Waals surface area (Å²) in [5, 5.41) is 5.12. The predicted octanol–water partition coefficient (Wildman–Crippen LogP) is 3.12. The van der Waals surface area contributed by atoms with Gasteiger partial charge >= 0.3 is 0 Å². The average molecular weight is 316 g/mol. The second-order valence-electron chi connectivity index (χ2n) is 6.20. The lowest BCUT2D eigenvalue weighted by Gasteiger charge is -2.07. The molecule has 0 radical (unpaired) electrons. The smallest absolute Gasteiger partial charge is 0.238 e. The highest BCUT2D eigenvalue weighted by atomic mass is 32.2. The number of nitrogens with zero attached hydrogens (tertiary/aromatic N) is 1. The molecule has 0 amide bonds. The van der Waals surface area contributed by atoms with E-state index in [1.807, 2.05) is 12.1 Å². The number of benzene rings is 1. The van der Waals surface area contributed by atoms with Crippen molar-refractivity contribution < 1.29 is 8.42 Å². The number of hydrogen-bond acceptors (Lipinski definition) is 3. The van der Waals surface area contributed by atoms with Crippen molar-refractivity contribution in [3.8, 4) is 0 Å². The van der Waals surface area contributed by atoms with Crippen LogP contribution in [0.4, 0.5) is 0 Å². The van der Waals surface area contributed by atoms with Gasteiger partial charge in [0.15, 0.2) is 0 Å². The topological polar surface area (TPSA) is 73.1 Å². The fourth-order valence-electron chi connectivity index (χ4n) is 2.79. The number of hydrogen-bond donors (Lipinski definition) is 1. The molecule has 4 nitrogen and oxygen atoms in total. The second kappa shape index (κ2) is 5.48. The quantitative estimate of drug-likeness (QED) is 0.942. The van der Waals surface area contributed by atoms with Gasteiger partial charge in [-0.15, -0.1) is 0 Å². The first-order chi connectivity index (χ1) is 10.4. The van der Waals surface area contributed by atoms with E-state index in [1.165, 1.54) is 0 Å². The van der Waals surface area contributed by atoms with E-state index < -0.39 is 10.0 Å². The van der Waals surface area contributed by atoms with Gasteiger partial charge in [-0.2, -0.15) is 0 Å². The van der Waals surface area contributed by atoms with Crippen LogP contribution in [0.3, 0.4) is 0 Å². The van der Waals surface area contributed by atoms with Crippen LogP contribution in [0.1, 0.15) is 55.0 Å². The fraction of sp³-hybridized carbons (Fsp3) is 0.353. The molecule has 1 saturated carbocycles. The lowest BCUT2D eigenvalue weighted by Crippen LogP contribution is -2.11. The van der Waals surface area contributed by atoms with Gasteiger partial charge in [0.05, 0.1) is 4.90 Å². The molecule has 0 bridgehead atoms. The molecule has 3 rings (SSSR count). The Balaban J connectivity index is 1.78. The fourth-order valence-corrected chi connectivity index (χ4v) is 3.31. The average Bonchev–Trinajstić information content (AvgIpc) is 3.27. The van der Waals surface area contributed by atoms with Gasteiger partial charge in [-0.05, 0) is 48.1 Å². The highest BCUT2D eigenvalue weighted by Crippen LogP contribution is 2.54. The zero-order chi connectivity index (χ0) is 15.9. The number of sulfonamides is 1. The summed E-state index contributed by atoms with van der Waals surface area (Å²) < 4.78 is 22.6. The Kier molecular flexibility index (Phi) is 3.78. The van der Waals surface area contributed by atoms with Crippen LogP contribution < -0.4 is 5.14 Å². The van der Waals surface area contributed by atoms with Gasteiger partial charge in [-0.3, -0.25) is 4.98 Å². The van der Waals surface area contributed by atoms with E-state index in [4.69, 9.17) is 10.1 Å². The van der Waals surface area contributed by atoms with Gasteiger partial charge in [-0.1, -0.05) is 32.0 Å². The third kappa shape index (κ3) is 3.05. The minimum absolute atomic E-state index is 0.161. The van der Waals surface area contributed by atoms with Crippen LogP contribution in [0.15, 0.2) is 47.4 Å². The molecule has 0 aliphatic heterocycles. The van der Waals surface area contributed by atoms with Crippen LogP contribution in [0.2, 0.25) is 0 Å². The Morgan fingerprint density at radius 2 is 1.77 bits per heavy atom. The maximum Gasteiger partial charge on any atom is 0.238 e. The summed E-state index contributed by atoms with van der Waals surface area (Å²) in [6.07, 6.45) is 1.06. The van der Waals surface area contributed by atoms with Crippen molar-refractivity contribution in [3.63, 3.8) is 0 Å². The standard InChI is InChI=1S/C17H20N2O2S/c1-11(2)16-4-3-5-17(19-16)15-10-14(15)12-6-8-13(9-7-12)22(18,20)21/h3-9,11,14-15H,10H2,1-2H3,(H2,18,20,21). The van der Waals surface area contributed by atoms with Crippen LogP contribution in [0.25, 0.3) is 0 Å². The Morgan fingerprint density at radius 3 is 2.36 bits per heavy atom. The molecule has 1 aromatic carbocycles. The van der Waals surface area contributed by atoms with Gasteiger partial charge in [-0.25, -0.2) is 13.6 Å². The molecule has 1 aliphatic carbocycles. The van der Waals surface area contributed by atoms with E-state index in [2.05, 4.69) is 32.0 Å². The molecule has 2 unspecified atom stereocenters. The van der Waals surface area contributed by atoms with Crippen molar-refractivity contribution in [1.82, 2.24) is 4.98 Å². The summed E-state index contributed by atoms with van der Waals surface area (Å²) in [5.41, 5.74) is 3.40. The van der Waals surface area contributed by atoms with Gasteiger partial charge in [0.25, 0.3) is 0 Å². The normalized spacial score (nSPS) is 21.1. The Labute approximate surface area is 131 Å². The Morgan fingerprint density at radius 1 is 1.09 bits per heavy atom. The van der Waals surface area contributed by atoms with E-state index in [0.717, 1.165) is 23.4 Å². The van der Waals surface area contributed by atoms with Crippen LogP contribution in [-0.4, -0.2) is 13.4 Å². The predicted molar refractivity (Wildman–Crippen MR) is 86.2 cm³/mol. The molecular weight excluding hydrogens is 296 g/mol. The van der Waals surface area contributed by atoms with Crippen molar-refractivity contribution in [2.45, 2.75) is 42.9 Å². The molecule has 1 aromatic heterocycles. The summed E-state index contributed by atoms with van der Waals surface area (Å²) >= 11 is 0.